The van der Waals surface area contributed by atoms with Crippen molar-refractivity contribution in [1.82, 2.24) is 9.88 Å². The van der Waals surface area contributed by atoms with E-state index in [1.807, 2.05) is 46.7 Å². The molecule has 2 aliphatic heterocycles. The predicted molar refractivity (Wildman–Crippen MR) is 121 cm³/mol. The maximum Gasteiger partial charge on any atom is 0.273 e. The third-order valence-electron chi connectivity index (χ3n) is 5.82. The number of amides is 1. The summed E-state index contributed by atoms with van der Waals surface area (Å²) >= 11 is 1.42. The lowest BCUT2D eigenvalue weighted by atomic mass is 10.0. The first-order valence-corrected chi connectivity index (χ1v) is 11.4. The maximum atomic E-state index is 13.4. The number of nitrogens with zero attached hydrogens (tertiary/aromatic N) is 2. The normalized spacial score (nSPS) is 17.3. The molecule has 2 aliphatic rings. The van der Waals surface area contributed by atoms with Crippen molar-refractivity contribution in [2.75, 3.05) is 34.0 Å². The molecule has 1 aromatic heterocycles. The van der Waals surface area contributed by atoms with Crippen molar-refractivity contribution >= 4 is 17.2 Å². The fraction of sp³-hybridized carbons (Fsp3) is 0.333. The third-order valence-corrected chi connectivity index (χ3v) is 6.70. The predicted octanol–water partition coefficient (Wildman–Crippen LogP) is 4.58. The summed E-state index contributed by atoms with van der Waals surface area (Å²) in [4.78, 5) is 20.0. The summed E-state index contributed by atoms with van der Waals surface area (Å²) in [5.74, 6) is 2.68. The number of methoxy groups -OCH3 is 2. The van der Waals surface area contributed by atoms with E-state index >= 15 is 0 Å². The Bertz CT molecular complexity index is 1150. The van der Waals surface area contributed by atoms with E-state index in [9.17, 15) is 4.79 Å². The van der Waals surface area contributed by atoms with Gasteiger partial charge in [0.05, 0.1) is 25.8 Å². The van der Waals surface area contributed by atoms with Crippen LogP contribution in [-0.4, -0.2) is 49.8 Å². The second-order valence-electron chi connectivity index (χ2n) is 7.64. The average molecular weight is 453 g/mol. The molecular formula is C24H24N2O5S. The quantitative estimate of drug-likeness (QED) is 0.565. The molecule has 166 valence electrons. The van der Waals surface area contributed by atoms with E-state index in [-0.39, 0.29) is 11.9 Å². The number of carbonyl (C=O) groups is 1. The number of benzene rings is 2. The first kappa shape index (κ1) is 20.6. The molecule has 1 atom stereocenters. The molecule has 0 bridgehead atoms. The third kappa shape index (κ3) is 3.64. The monoisotopic (exact) mass is 452 g/mol. The number of hydrogen-bond acceptors (Lipinski definition) is 7. The molecular weight excluding hydrogens is 428 g/mol. The Morgan fingerprint density at radius 1 is 1.12 bits per heavy atom. The van der Waals surface area contributed by atoms with E-state index in [0.717, 1.165) is 40.5 Å². The minimum Gasteiger partial charge on any atom is -0.493 e. The highest BCUT2D eigenvalue weighted by Gasteiger charge is 2.32. The van der Waals surface area contributed by atoms with Crippen molar-refractivity contribution in [2.24, 2.45) is 0 Å². The molecule has 32 heavy (non-hydrogen) atoms. The molecule has 1 saturated heterocycles. The van der Waals surface area contributed by atoms with Crippen LogP contribution in [0.5, 0.6) is 23.0 Å². The van der Waals surface area contributed by atoms with Gasteiger partial charge < -0.3 is 23.8 Å². The number of aromatic nitrogens is 1. The topological polar surface area (TPSA) is 70.1 Å². The highest BCUT2D eigenvalue weighted by atomic mass is 32.1. The largest absolute Gasteiger partial charge is 0.493 e. The lowest BCUT2D eigenvalue weighted by Gasteiger charge is -2.26. The second kappa shape index (κ2) is 8.70. The summed E-state index contributed by atoms with van der Waals surface area (Å²) in [6, 6.07) is 11.6. The van der Waals surface area contributed by atoms with Crippen LogP contribution in [0.25, 0.3) is 10.6 Å². The van der Waals surface area contributed by atoms with E-state index in [2.05, 4.69) is 4.98 Å². The number of thiazole rings is 1. The SMILES string of the molecule is COc1cccc(-c2nc(C(=O)N3CCCC3c3ccc4c(c3)OCCO4)cs2)c1OC. The van der Waals surface area contributed by atoms with Crippen LogP contribution < -0.4 is 18.9 Å². The molecule has 3 heterocycles. The lowest BCUT2D eigenvalue weighted by molar-refractivity contribution is 0.0730. The number of likely N-dealkylation sites (tertiary alicyclic amines) is 1. The average Bonchev–Trinajstić information content (AvgIpc) is 3.53. The summed E-state index contributed by atoms with van der Waals surface area (Å²) in [6.45, 7) is 1.80. The van der Waals surface area contributed by atoms with Crippen molar-refractivity contribution < 1.29 is 23.7 Å². The Morgan fingerprint density at radius 2 is 1.97 bits per heavy atom. The lowest BCUT2D eigenvalue weighted by Crippen LogP contribution is -2.31. The molecule has 7 nitrogen and oxygen atoms in total. The van der Waals surface area contributed by atoms with Gasteiger partial charge in [-0.05, 0) is 42.7 Å². The van der Waals surface area contributed by atoms with E-state index in [0.29, 0.717) is 37.0 Å². The molecule has 1 unspecified atom stereocenters. The number of ether oxygens (including phenoxy) is 4. The van der Waals surface area contributed by atoms with Crippen molar-refractivity contribution in [2.45, 2.75) is 18.9 Å². The van der Waals surface area contributed by atoms with Gasteiger partial charge in [-0.15, -0.1) is 11.3 Å². The molecule has 8 heteroatoms. The van der Waals surface area contributed by atoms with Crippen LogP contribution in [0.2, 0.25) is 0 Å². The highest BCUT2D eigenvalue weighted by Crippen LogP contribution is 2.41. The summed E-state index contributed by atoms with van der Waals surface area (Å²) < 4.78 is 22.3. The fourth-order valence-corrected chi connectivity index (χ4v) is 5.14. The Kier molecular flexibility index (Phi) is 5.61. The van der Waals surface area contributed by atoms with Gasteiger partial charge in [-0.3, -0.25) is 4.79 Å². The number of hydrogen-bond donors (Lipinski definition) is 0. The Labute approximate surface area is 190 Å². The molecule has 0 N–H and O–H groups in total. The van der Waals surface area contributed by atoms with Crippen LogP contribution in [0, 0.1) is 0 Å². The highest BCUT2D eigenvalue weighted by molar-refractivity contribution is 7.13. The van der Waals surface area contributed by atoms with Crippen molar-refractivity contribution in [3.05, 3.63) is 53.0 Å². The Balaban J connectivity index is 1.41. The van der Waals surface area contributed by atoms with Gasteiger partial charge in [0, 0.05) is 11.9 Å². The van der Waals surface area contributed by atoms with Gasteiger partial charge in [-0.25, -0.2) is 4.98 Å². The van der Waals surface area contributed by atoms with Crippen molar-refractivity contribution in [3.8, 4) is 33.6 Å². The summed E-state index contributed by atoms with van der Waals surface area (Å²) in [5, 5.41) is 2.54. The molecule has 0 radical (unpaired) electrons. The molecule has 3 aromatic rings. The fourth-order valence-electron chi connectivity index (χ4n) is 4.32. The van der Waals surface area contributed by atoms with Crippen LogP contribution >= 0.6 is 11.3 Å². The molecule has 0 spiro atoms. The molecule has 5 rings (SSSR count). The molecule has 1 amide bonds. The number of rotatable bonds is 5. The van der Waals surface area contributed by atoms with Crippen molar-refractivity contribution in [3.63, 3.8) is 0 Å². The van der Waals surface area contributed by atoms with Crippen LogP contribution in [0.1, 0.15) is 34.9 Å². The van der Waals surface area contributed by atoms with Crippen LogP contribution in [0.15, 0.2) is 41.8 Å². The van der Waals surface area contributed by atoms with E-state index in [1.54, 1.807) is 14.2 Å². The zero-order chi connectivity index (χ0) is 22.1. The van der Waals surface area contributed by atoms with E-state index in [4.69, 9.17) is 18.9 Å². The van der Waals surface area contributed by atoms with Gasteiger partial charge >= 0.3 is 0 Å². The maximum absolute atomic E-state index is 13.4. The van der Waals surface area contributed by atoms with Crippen LogP contribution in [0.4, 0.5) is 0 Å². The number of fused-ring (bicyclic) bond motifs is 1. The first-order valence-electron chi connectivity index (χ1n) is 10.6. The molecule has 2 aromatic carbocycles. The standard InChI is InChI=1S/C24H24N2O5S/c1-28-20-7-3-5-16(22(20)29-2)23-25-17(14-32-23)24(27)26-10-4-6-18(26)15-8-9-19-21(13-15)31-12-11-30-19/h3,5,7-9,13-14,18H,4,6,10-12H2,1-2H3. The molecule has 0 aliphatic carbocycles. The zero-order valence-corrected chi connectivity index (χ0v) is 18.8. The zero-order valence-electron chi connectivity index (χ0n) is 18.0. The summed E-state index contributed by atoms with van der Waals surface area (Å²) in [7, 11) is 3.20. The van der Waals surface area contributed by atoms with Gasteiger partial charge in [-0.1, -0.05) is 12.1 Å². The van der Waals surface area contributed by atoms with Gasteiger partial charge in [0.25, 0.3) is 5.91 Å². The van der Waals surface area contributed by atoms with Crippen molar-refractivity contribution in [1.29, 1.82) is 0 Å². The van der Waals surface area contributed by atoms with Gasteiger partial charge in [-0.2, -0.15) is 0 Å². The van der Waals surface area contributed by atoms with Gasteiger partial charge in [0.15, 0.2) is 23.0 Å². The van der Waals surface area contributed by atoms with Gasteiger partial charge in [0.2, 0.25) is 0 Å². The summed E-state index contributed by atoms with van der Waals surface area (Å²) in [5.41, 5.74) is 2.31. The molecule has 0 saturated carbocycles. The number of para-hydroxylation sites is 1. The molecule has 1 fully saturated rings. The first-order chi connectivity index (χ1) is 15.7. The van der Waals surface area contributed by atoms with E-state index < -0.39 is 0 Å². The van der Waals surface area contributed by atoms with Crippen LogP contribution in [0.3, 0.4) is 0 Å². The summed E-state index contributed by atoms with van der Waals surface area (Å²) in [6.07, 6.45) is 1.86. The minimum atomic E-state index is -0.0632. The minimum absolute atomic E-state index is 0.00479. The number of carbonyl (C=O) groups excluding carboxylic acids is 1. The van der Waals surface area contributed by atoms with E-state index in [1.165, 1.54) is 11.3 Å². The second-order valence-corrected chi connectivity index (χ2v) is 8.50. The smallest absolute Gasteiger partial charge is 0.273 e. The Hall–Kier alpha value is -3.26. The Morgan fingerprint density at radius 3 is 2.78 bits per heavy atom. The van der Waals surface area contributed by atoms with Crippen LogP contribution in [-0.2, 0) is 0 Å². The van der Waals surface area contributed by atoms with Gasteiger partial charge in [0.1, 0.15) is 23.9 Å².